The Bertz CT molecular complexity index is 2180. The molecule has 0 unspecified atom stereocenters. The molecule has 7 amide bonds. The van der Waals surface area contributed by atoms with E-state index in [2.05, 4.69) is 57.2 Å². The highest BCUT2D eigenvalue weighted by Gasteiger charge is 2.41. The number of nitrogens with two attached hydrogens (primary N) is 4. The molecule has 1 aromatic carbocycles. The van der Waals surface area contributed by atoms with Crippen LogP contribution in [0.25, 0.3) is 0 Å². The van der Waals surface area contributed by atoms with Gasteiger partial charge in [0, 0.05) is 44.4 Å². The number of phenolic OH excluding ortho intramolecular Hbond substituents is 1. The van der Waals surface area contributed by atoms with E-state index in [1.54, 1.807) is 34.7 Å². The number of likely N-dealkylation sites (tertiary alicyclic amines) is 1. The quantitative estimate of drug-likeness (QED) is 0.0210. The lowest BCUT2D eigenvalue weighted by Gasteiger charge is -2.31. The van der Waals surface area contributed by atoms with Crippen molar-refractivity contribution in [2.75, 3.05) is 33.2 Å². The van der Waals surface area contributed by atoms with E-state index in [4.69, 9.17) is 22.9 Å². The van der Waals surface area contributed by atoms with E-state index in [1.165, 1.54) is 41.7 Å². The zero-order valence-electron chi connectivity index (χ0n) is 41.6. The number of benzene rings is 1. The maximum atomic E-state index is 14.5. The van der Waals surface area contributed by atoms with Gasteiger partial charge in [0.15, 0.2) is 11.9 Å². The van der Waals surface area contributed by atoms with Gasteiger partial charge in [0.25, 0.3) is 0 Å². The number of aromatic hydroxyl groups is 1. The summed E-state index contributed by atoms with van der Waals surface area (Å²) in [5.41, 5.74) is 22.9. The zero-order valence-corrected chi connectivity index (χ0v) is 41.6. The third-order valence-corrected chi connectivity index (χ3v) is 12.0. The van der Waals surface area contributed by atoms with Gasteiger partial charge in [-0.15, -0.1) is 0 Å². The number of rotatable bonds is 30. The molecule has 26 nitrogen and oxygen atoms in total. The highest BCUT2D eigenvalue weighted by atomic mass is 16.4. The SMILES string of the molecule is CC[C@H](C)[C@H](NC(=O)[C@@H]1CCCN1C(=O)[C@H](Cc1cnc[nH]1)NC(=O)[C@H](CCCN=C(N)N)NC(=O)[C@H](Cc1ccc(O)cc1)NC(=O)[C@@H](NC(=O)[C@H](CCCN=C(N)N)NC(=O)CNC)C(C)C)C(=O)O. The Balaban J connectivity index is 1.97. The molecule has 72 heavy (non-hydrogen) atoms. The summed E-state index contributed by atoms with van der Waals surface area (Å²) in [7, 11) is 1.56. The van der Waals surface area contributed by atoms with Gasteiger partial charge in [-0.05, 0) is 75.1 Å². The minimum atomic E-state index is -1.41. The van der Waals surface area contributed by atoms with Crippen LogP contribution < -0.4 is 60.2 Å². The van der Waals surface area contributed by atoms with E-state index >= 15 is 0 Å². The van der Waals surface area contributed by atoms with Crippen LogP contribution in [0.2, 0.25) is 0 Å². The van der Waals surface area contributed by atoms with Gasteiger partial charge in [-0.25, -0.2) is 9.78 Å². The van der Waals surface area contributed by atoms with E-state index < -0.39 is 101 Å². The number of hydrogen-bond acceptors (Lipinski definition) is 13. The number of aliphatic carboxylic acids is 1. The number of phenols is 1. The van der Waals surface area contributed by atoms with Gasteiger partial charge >= 0.3 is 5.97 Å². The molecule has 26 heteroatoms. The molecule has 1 aliphatic heterocycles. The number of amides is 7. The Hall–Kier alpha value is -7.51. The molecule has 1 aromatic heterocycles. The van der Waals surface area contributed by atoms with Crippen molar-refractivity contribution in [3.63, 3.8) is 0 Å². The molecule has 18 N–H and O–H groups in total. The van der Waals surface area contributed by atoms with Crippen LogP contribution in [0, 0.1) is 11.8 Å². The predicted octanol–water partition coefficient (Wildman–Crippen LogP) is -3.09. The summed E-state index contributed by atoms with van der Waals surface area (Å²) in [5, 5.41) is 38.7. The Labute approximate surface area is 418 Å². The highest BCUT2D eigenvalue weighted by molar-refractivity contribution is 5.98. The van der Waals surface area contributed by atoms with Crippen LogP contribution in [-0.2, 0) is 51.2 Å². The van der Waals surface area contributed by atoms with Crippen molar-refractivity contribution in [2.24, 2.45) is 44.8 Å². The minimum absolute atomic E-state index is 0.0468. The van der Waals surface area contributed by atoms with Gasteiger partial charge in [-0.2, -0.15) is 0 Å². The fourth-order valence-electron chi connectivity index (χ4n) is 7.87. The zero-order chi connectivity index (χ0) is 53.5. The number of aromatic nitrogens is 2. The van der Waals surface area contributed by atoms with Crippen molar-refractivity contribution in [2.45, 2.75) is 128 Å². The second kappa shape index (κ2) is 29.6. The fourth-order valence-corrected chi connectivity index (χ4v) is 7.87. The molecule has 0 spiro atoms. The second-order valence-electron chi connectivity index (χ2n) is 18.0. The number of nitrogens with zero attached hydrogens (tertiary/aromatic N) is 4. The fraction of sp³-hybridized carbons (Fsp3) is 0.587. The number of nitrogens with one attached hydrogen (secondary N) is 8. The molecule has 1 aliphatic rings. The van der Waals surface area contributed by atoms with Gasteiger partial charge in [-0.3, -0.25) is 43.5 Å². The van der Waals surface area contributed by atoms with Crippen LogP contribution in [0.5, 0.6) is 5.75 Å². The topological polar surface area (TPSA) is 422 Å². The maximum Gasteiger partial charge on any atom is 0.326 e. The van der Waals surface area contributed by atoms with Gasteiger partial charge in [0.2, 0.25) is 41.4 Å². The van der Waals surface area contributed by atoms with E-state index in [-0.39, 0.29) is 82.4 Å². The number of likely N-dealkylation sites (N-methyl/N-ethyl adjacent to an activating group) is 1. The molecule has 1 saturated heterocycles. The summed E-state index contributed by atoms with van der Waals surface area (Å²) in [6, 6.07) is -2.85. The van der Waals surface area contributed by atoms with E-state index in [1.807, 2.05) is 0 Å². The van der Waals surface area contributed by atoms with Crippen LogP contribution >= 0.6 is 0 Å². The Morgan fingerprint density at radius 1 is 0.764 bits per heavy atom. The number of imidazole rings is 1. The number of carboxylic acids is 1. The molecule has 0 aliphatic carbocycles. The van der Waals surface area contributed by atoms with Crippen molar-refractivity contribution in [1.29, 1.82) is 0 Å². The van der Waals surface area contributed by atoms with Crippen molar-refractivity contribution in [3.05, 3.63) is 48.0 Å². The highest BCUT2D eigenvalue weighted by Crippen LogP contribution is 2.21. The van der Waals surface area contributed by atoms with Crippen LogP contribution in [0.1, 0.15) is 83.9 Å². The van der Waals surface area contributed by atoms with Crippen LogP contribution in [0.4, 0.5) is 0 Å². The first-order chi connectivity index (χ1) is 34.1. The first-order valence-electron chi connectivity index (χ1n) is 24.0. The molecule has 2 aromatic rings. The third kappa shape index (κ3) is 19.4. The lowest BCUT2D eigenvalue weighted by Crippen LogP contribution is -2.61. The predicted molar refractivity (Wildman–Crippen MR) is 266 cm³/mol. The Morgan fingerprint density at radius 2 is 1.33 bits per heavy atom. The summed E-state index contributed by atoms with van der Waals surface area (Å²) in [6.07, 6.45) is 4.17. The monoisotopic (exact) mass is 1010 g/mol. The van der Waals surface area contributed by atoms with Crippen molar-refractivity contribution < 1.29 is 48.6 Å². The summed E-state index contributed by atoms with van der Waals surface area (Å²) in [6.45, 7) is 7.07. The normalized spacial score (nSPS) is 16.1. The molecule has 8 atom stereocenters. The van der Waals surface area contributed by atoms with Crippen molar-refractivity contribution in [1.82, 2.24) is 52.1 Å². The molecular formula is C46H74N16O10. The number of carbonyl (C=O) groups is 8. The minimum Gasteiger partial charge on any atom is -0.508 e. The van der Waals surface area contributed by atoms with Gasteiger partial charge in [-0.1, -0.05) is 46.2 Å². The average Bonchev–Trinajstić information content (AvgIpc) is 4.04. The van der Waals surface area contributed by atoms with Crippen LogP contribution in [-0.4, -0.2) is 160 Å². The van der Waals surface area contributed by atoms with Crippen LogP contribution in [0.3, 0.4) is 0 Å². The number of aromatic amines is 1. The lowest BCUT2D eigenvalue weighted by atomic mass is 9.98. The molecule has 398 valence electrons. The van der Waals surface area contributed by atoms with Crippen LogP contribution in [0.15, 0.2) is 46.8 Å². The number of guanidine groups is 2. The molecular weight excluding hydrogens is 937 g/mol. The summed E-state index contributed by atoms with van der Waals surface area (Å²) in [5.74, 6) is -7.51. The first kappa shape index (κ1) is 58.8. The largest absolute Gasteiger partial charge is 0.508 e. The Morgan fingerprint density at radius 3 is 1.88 bits per heavy atom. The third-order valence-electron chi connectivity index (χ3n) is 12.0. The van der Waals surface area contributed by atoms with Gasteiger partial charge in [0.1, 0.15) is 48.0 Å². The summed E-state index contributed by atoms with van der Waals surface area (Å²) < 4.78 is 0. The number of aliphatic imine (C=N–C) groups is 2. The van der Waals surface area contributed by atoms with Crippen molar-refractivity contribution in [3.8, 4) is 5.75 Å². The van der Waals surface area contributed by atoms with E-state index in [0.717, 1.165) is 0 Å². The number of carbonyl (C=O) groups excluding carboxylic acids is 7. The molecule has 0 saturated carbocycles. The second-order valence-corrected chi connectivity index (χ2v) is 18.0. The first-order valence-corrected chi connectivity index (χ1v) is 24.0. The lowest BCUT2D eigenvalue weighted by molar-refractivity contribution is -0.146. The molecule has 2 heterocycles. The number of hydrogen-bond donors (Lipinski definition) is 14. The molecule has 1 fully saturated rings. The van der Waals surface area contributed by atoms with Crippen molar-refractivity contribution >= 4 is 59.2 Å². The molecule has 3 rings (SSSR count). The molecule has 0 bridgehead atoms. The molecule has 0 radical (unpaired) electrons. The Kier molecular flexibility index (Phi) is 24.2. The maximum absolute atomic E-state index is 14.5. The van der Waals surface area contributed by atoms with Gasteiger partial charge in [0.05, 0.1) is 12.9 Å². The standard InChI is InChI=1S/C46H74N16O10/c1-6-26(4)37(44(71)72)61-41(68)34-12-9-19-62(34)43(70)33(21-28-22-52-24-55-28)59-38(65)31(11-8-18-54-46(49)50)57-40(67)32(20-27-13-15-29(63)16-14-27)58-42(69)36(25(2)3)60-39(66)30(56-35(64)23-51-5)10-7-17-53-45(47)48/h13-16,22,24-26,30-34,36-37,51,63H,6-12,17-21,23H2,1-5H3,(H,52,55)(H,56,64)(H,57,67)(H,58,69)(H,59,65)(H,60,66)(H,61,68)(H,71,72)(H4,47,48,53)(H4,49,50,54)/t26-,30-,31-,32-,33-,34-,36-,37-/m0/s1. The summed E-state index contributed by atoms with van der Waals surface area (Å²) >= 11 is 0. The average molecular weight is 1010 g/mol. The number of H-pyrrole nitrogens is 1. The smallest absolute Gasteiger partial charge is 0.326 e. The van der Waals surface area contributed by atoms with E-state index in [0.29, 0.717) is 30.5 Å². The van der Waals surface area contributed by atoms with E-state index in [9.17, 15) is 48.6 Å². The number of carboxylic acid groups (broad SMARTS) is 1. The summed E-state index contributed by atoms with van der Waals surface area (Å²) in [4.78, 5) is 126. The van der Waals surface area contributed by atoms with Gasteiger partial charge < -0.3 is 80.2 Å².